The van der Waals surface area contributed by atoms with Crippen molar-refractivity contribution in [2.45, 2.75) is 95.4 Å². The molecule has 1 aliphatic rings. The predicted octanol–water partition coefficient (Wildman–Crippen LogP) is 2.35. The van der Waals surface area contributed by atoms with E-state index in [0.717, 1.165) is 37.7 Å². The second-order valence-electron chi connectivity index (χ2n) is 12.2. The monoisotopic (exact) mass is 608 g/mol. The molecule has 4 N–H and O–H groups in total. The smallest absolute Gasteiger partial charge is 0.243 e. The minimum Gasteiger partial charge on any atom is -0.389 e. The van der Waals surface area contributed by atoms with Gasteiger partial charge in [0.05, 0.1) is 18.1 Å². The number of rotatable bonds is 17. The molecule has 5 unspecified atom stereocenters. The summed E-state index contributed by atoms with van der Waals surface area (Å²) in [6, 6.07) is 7.72. The molecular weight excluding hydrogens is 556 g/mol. The van der Waals surface area contributed by atoms with Crippen LogP contribution in [-0.4, -0.2) is 96.3 Å². The summed E-state index contributed by atoms with van der Waals surface area (Å²) in [5.41, 5.74) is 0.906. The lowest BCUT2D eigenvalue weighted by molar-refractivity contribution is -0.136. The zero-order chi connectivity index (χ0) is 32.5. The zero-order valence-electron chi connectivity index (χ0n) is 26.9. The fraction of sp³-hybridized carbons (Fsp3) is 0.629. The molecule has 0 aromatic heterocycles. The van der Waals surface area contributed by atoms with Gasteiger partial charge in [-0.3, -0.25) is 14.4 Å². The van der Waals surface area contributed by atoms with Crippen LogP contribution in [0.1, 0.15) is 70.3 Å². The van der Waals surface area contributed by atoms with Gasteiger partial charge >= 0.3 is 0 Å². The van der Waals surface area contributed by atoms with Crippen LogP contribution in [0.5, 0.6) is 0 Å². The highest BCUT2D eigenvalue weighted by Gasteiger charge is 2.33. The largest absolute Gasteiger partial charge is 0.389 e. The van der Waals surface area contributed by atoms with Crippen LogP contribution in [0.2, 0.25) is 0 Å². The molecule has 1 aromatic rings. The molecule has 9 heteroatoms. The number of hydrogen-bond donors (Lipinski definition) is 4. The molecule has 1 aromatic carbocycles. The molecule has 0 heterocycles. The Bertz CT molecular complexity index is 1130. The maximum atomic E-state index is 13.7. The van der Waals surface area contributed by atoms with Crippen LogP contribution in [0.4, 0.5) is 0 Å². The van der Waals surface area contributed by atoms with E-state index in [-0.39, 0.29) is 25.2 Å². The topological polar surface area (TPSA) is 122 Å². The Labute approximate surface area is 264 Å². The number of nitrogens with zero attached hydrogens (tertiary/aromatic N) is 2. The van der Waals surface area contributed by atoms with Crippen molar-refractivity contribution in [3.05, 3.63) is 35.9 Å². The molecule has 0 saturated heterocycles. The zero-order valence-corrected chi connectivity index (χ0v) is 26.9. The molecule has 5 atom stereocenters. The summed E-state index contributed by atoms with van der Waals surface area (Å²) >= 11 is 0. The van der Waals surface area contributed by atoms with Gasteiger partial charge in [0.15, 0.2) is 0 Å². The molecule has 242 valence electrons. The van der Waals surface area contributed by atoms with Crippen molar-refractivity contribution in [1.82, 2.24) is 20.4 Å². The van der Waals surface area contributed by atoms with E-state index in [0.29, 0.717) is 31.8 Å². The molecule has 0 radical (unpaired) electrons. The summed E-state index contributed by atoms with van der Waals surface area (Å²) in [5, 5.41) is 27.3. The summed E-state index contributed by atoms with van der Waals surface area (Å²) in [7, 11) is 5.59. The number of aliphatic hydroxyl groups is 2. The number of aliphatic hydroxyl groups excluding tert-OH is 2. The molecule has 1 fully saturated rings. The van der Waals surface area contributed by atoms with Gasteiger partial charge in [-0.1, -0.05) is 62.4 Å². The molecule has 1 aliphatic carbocycles. The second kappa shape index (κ2) is 19.8. The van der Waals surface area contributed by atoms with E-state index < -0.39 is 42.0 Å². The van der Waals surface area contributed by atoms with Crippen LogP contribution in [0.15, 0.2) is 30.3 Å². The van der Waals surface area contributed by atoms with Crippen molar-refractivity contribution in [2.75, 3.05) is 34.2 Å². The highest BCUT2D eigenvalue weighted by Crippen LogP contribution is 2.28. The van der Waals surface area contributed by atoms with Crippen LogP contribution in [0.3, 0.4) is 0 Å². The average Bonchev–Trinajstić information content (AvgIpc) is 3.01. The van der Waals surface area contributed by atoms with Gasteiger partial charge in [-0.05, 0) is 45.3 Å². The molecule has 2 rings (SSSR count). The first-order valence-electron chi connectivity index (χ1n) is 15.8. The van der Waals surface area contributed by atoms with Gasteiger partial charge < -0.3 is 30.6 Å². The normalized spacial score (nSPS) is 16.8. The number of nitrogens with one attached hydrogen (secondary N) is 2. The van der Waals surface area contributed by atoms with E-state index in [1.807, 2.05) is 49.3 Å². The first-order chi connectivity index (χ1) is 21.0. The number of terminal acetylenes is 1. The third-order valence-corrected chi connectivity index (χ3v) is 8.31. The average molecular weight is 609 g/mol. The maximum absolute atomic E-state index is 13.7. The lowest BCUT2D eigenvalue weighted by atomic mass is 9.82. The fourth-order valence-electron chi connectivity index (χ4n) is 5.56. The second-order valence-corrected chi connectivity index (χ2v) is 12.2. The SMILES string of the molecule is C#CCC(O)C(O)C(CC1CCCCC1)NC(=O)C(CC#CC)NC(=O)C(CC(=O)N(C)CCN(C)C)Cc1ccccc1. The maximum Gasteiger partial charge on any atom is 0.243 e. The van der Waals surface area contributed by atoms with Gasteiger partial charge in [0, 0.05) is 39.4 Å². The number of carbonyl (C=O) groups is 3. The van der Waals surface area contributed by atoms with E-state index in [1.54, 1.807) is 18.9 Å². The van der Waals surface area contributed by atoms with Crippen molar-refractivity contribution in [3.63, 3.8) is 0 Å². The van der Waals surface area contributed by atoms with Crippen LogP contribution in [0.25, 0.3) is 0 Å². The summed E-state index contributed by atoms with van der Waals surface area (Å²) in [4.78, 5) is 44.2. The minimum absolute atomic E-state index is 0.0141. The highest BCUT2D eigenvalue weighted by molar-refractivity contribution is 5.91. The van der Waals surface area contributed by atoms with Gasteiger partial charge in [-0.25, -0.2) is 0 Å². The van der Waals surface area contributed by atoms with Gasteiger partial charge in [-0.2, -0.15) is 0 Å². The van der Waals surface area contributed by atoms with E-state index >= 15 is 0 Å². The van der Waals surface area contributed by atoms with Gasteiger partial charge in [-0.15, -0.1) is 24.2 Å². The molecule has 3 amide bonds. The minimum atomic E-state index is -1.26. The first kappa shape index (κ1) is 36.8. The lowest BCUT2D eigenvalue weighted by Gasteiger charge is -2.33. The van der Waals surface area contributed by atoms with E-state index in [4.69, 9.17) is 6.42 Å². The summed E-state index contributed by atoms with van der Waals surface area (Å²) < 4.78 is 0. The molecule has 0 spiro atoms. The number of likely N-dealkylation sites (N-methyl/N-ethyl adjacent to an activating group) is 2. The standard InChI is InChI=1S/C35H52N4O5/c1-6-8-20-29(35(44)37-30(33(42)31(40)15-7-2)24-27-18-13-10-14-19-27)36-34(43)28(23-26-16-11-9-12-17-26)25-32(41)39(5)22-21-38(3)4/h2,9,11-12,16-17,27-31,33,40,42H,10,13-15,18-25H2,1,3-5H3,(H,36,43)(H,37,44). The van der Waals surface area contributed by atoms with Gasteiger partial charge in [0.2, 0.25) is 17.7 Å². The predicted molar refractivity (Wildman–Crippen MR) is 173 cm³/mol. The van der Waals surface area contributed by atoms with Crippen molar-refractivity contribution < 1.29 is 24.6 Å². The van der Waals surface area contributed by atoms with E-state index in [9.17, 15) is 24.6 Å². The van der Waals surface area contributed by atoms with E-state index in [2.05, 4.69) is 28.4 Å². The Kier molecular flexibility index (Phi) is 16.6. The highest BCUT2D eigenvalue weighted by atomic mass is 16.3. The van der Waals surface area contributed by atoms with Gasteiger partial charge in [0.1, 0.15) is 12.1 Å². The summed E-state index contributed by atoms with van der Waals surface area (Å²) in [6.45, 7) is 2.88. The molecule has 9 nitrogen and oxygen atoms in total. The molecule has 1 saturated carbocycles. The Morgan fingerprint density at radius 2 is 1.66 bits per heavy atom. The first-order valence-corrected chi connectivity index (χ1v) is 15.8. The van der Waals surface area contributed by atoms with Crippen LogP contribution >= 0.6 is 0 Å². The Morgan fingerprint density at radius 1 is 0.977 bits per heavy atom. The number of carbonyl (C=O) groups excluding carboxylic acids is 3. The van der Waals surface area contributed by atoms with Crippen molar-refractivity contribution in [2.24, 2.45) is 11.8 Å². The summed E-state index contributed by atoms with van der Waals surface area (Å²) in [6.07, 6.45) is 9.08. The van der Waals surface area contributed by atoms with E-state index in [1.165, 1.54) is 0 Å². The van der Waals surface area contributed by atoms with Crippen molar-refractivity contribution >= 4 is 17.7 Å². The Morgan fingerprint density at radius 3 is 2.27 bits per heavy atom. The fourth-order valence-corrected chi connectivity index (χ4v) is 5.56. The number of hydrogen-bond acceptors (Lipinski definition) is 6. The third-order valence-electron chi connectivity index (χ3n) is 8.31. The third kappa shape index (κ3) is 13.1. The quantitative estimate of drug-likeness (QED) is 0.202. The number of benzene rings is 1. The molecule has 0 aliphatic heterocycles. The van der Waals surface area contributed by atoms with Crippen LogP contribution in [0, 0.1) is 36.0 Å². The molecular formula is C35H52N4O5. The van der Waals surface area contributed by atoms with Crippen molar-refractivity contribution in [3.8, 4) is 24.2 Å². The Hall–Kier alpha value is -3.37. The van der Waals surface area contributed by atoms with Crippen LogP contribution < -0.4 is 10.6 Å². The lowest BCUT2D eigenvalue weighted by Crippen LogP contribution is -2.55. The van der Waals surface area contributed by atoms with Gasteiger partial charge in [0.25, 0.3) is 0 Å². The van der Waals surface area contributed by atoms with Crippen molar-refractivity contribution in [1.29, 1.82) is 0 Å². The molecule has 0 bridgehead atoms. The molecule has 44 heavy (non-hydrogen) atoms. The summed E-state index contributed by atoms with van der Waals surface area (Å²) in [5.74, 6) is 6.57. The number of amides is 3. The van der Waals surface area contributed by atoms with Crippen LogP contribution in [-0.2, 0) is 20.8 Å². The Balaban J connectivity index is 2.24.